The first-order valence-electron chi connectivity index (χ1n) is 6.22. The lowest BCUT2D eigenvalue weighted by molar-refractivity contribution is -0.141. The highest BCUT2D eigenvalue weighted by Crippen LogP contribution is 2.17. The predicted molar refractivity (Wildman–Crippen MR) is 68.6 cm³/mol. The first kappa shape index (κ1) is 12.9. The maximum Gasteiger partial charge on any atom is 0.226 e. The van der Waals surface area contributed by atoms with Crippen LogP contribution in [0.15, 0.2) is 18.2 Å². The summed E-state index contributed by atoms with van der Waals surface area (Å²) < 4.78 is 5.55. The number of aliphatic hydroxyl groups is 1. The van der Waals surface area contributed by atoms with Gasteiger partial charge < -0.3 is 14.7 Å². The van der Waals surface area contributed by atoms with E-state index in [0.29, 0.717) is 26.1 Å². The lowest BCUT2D eigenvalue weighted by atomic mass is 10.1. The van der Waals surface area contributed by atoms with Crippen LogP contribution in [0.5, 0.6) is 5.75 Å². The van der Waals surface area contributed by atoms with E-state index in [1.165, 1.54) is 11.1 Å². The Bertz CT molecular complexity index is 439. The van der Waals surface area contributed by atoms with Crippen molar-refractivity contribution in [2.75, 3.05) is 19.7 Å². The predicted octanol–water partition coefficient (Wildman–Crippen LogP) is 1.28. The molecule has 1 amide bonds. The van der Waals surface area contributed by atoms with E-state index in [-0.39, 0.29) is 12.0 Å². The Morgan fingerprint density at radius 1 is 1.39 bits per heavy atom. The molecule has 1 aliphatic rings. The van der Waals surface area contributed by atoms with Gasteiger partial charge in [-0.15, -0.1) is 0 Å². The number of amides is 1. The van der Waals surface area contributed by atoms with Crippen LogP contribution in [0.3, 0.4) is 0 Å². The summed E-state index contributed by atoms with van der Waals surface area (Å²) in [5.74, 6) is 0.846. The van der Waals surface area contributed by atoms with E-state index in [9.17, 15) is 4.79 Å². The molecule has 4 heteroatoms. The summed E-state index contributed by atoms with van der Waals surface area (Å²) in [6, 6.07) is 5.91. The summed E-state index contributed by atoms with van der Waals surface area (Å²) in [6.45, 7) is 5.39. The van der Waals surface area contributed by atoms with Crippen LogP contribution in [-0.4, -0.2) is 41.7 Å². The minimum atomic E-state index is -0.338. The van der Waals surface area contributed by atoms with Crippen molar-refractivity contribution in [3.05, 3.63) is 29.3 Å². The zero-order valence-corrected chi connectivity index (χ0v) is 10.8. The maximum atomic E-state index is 11.6. The number of carbonyl (C=O) groups excluding carboxylic acids is 1. The minimum Gasteiger partial charge on any atom is -0.493 e. The first-order chi connectivity index (χ1) is 8.56. The molecule has 0 radical (unpaired) electrons. The minimum absolute atomic E-state index is 0.0455. The number of hydrogen-bond donors (Lipinski definition) is 1. The number of rotatable bonds is 4. The molecule has 0 aromatic heterocycles. The van der Waals surface area contributed by atoms with Gasteiger partial charge in [-0.1, -0.05) is 6.07 Å². The Morgan fingerprint density at radius 2 is 2.11 bits per heavy atom. The topological polar surface area (TPSA) is 49.8 Å². The number of likely N-dealkylation sites (tertiary alicyclic amines) is 1. The van der Waals surface area contributed by atoms with Crippen molar-refractivity contribution in [3.63, 3.8) is 0 Å². The van der Waals surface area contributed by atoms with Crippen molar-refractivity contribution in [3.8, 4) is 5.75 Å². The first-order valence-corrected chi connectivity index (χ1v) is 6.22. The molecule has 0 bridgehead atoms. The number of β-amino-alcohol motifs (C(OH)–C–C–N with tert-alkyl or cyclic N) is 1. The molecule has 1 fully saturated rings. The zero-order chi connectivity index (χ0) is 13.1. The summed E-state index contributed by atoms with van der Waals surface area (Å²) >= 11 is 0. The molecule has 1 heterocycles. The number of ether oxygens (including phenoxy) is 1. The third kappa shape index (κ3) is 3.01. The molecule has 1 aromatic carbocycles. The molecule has 1 saturated heterocycles. The Morgan fingerprint density at radius 3 is 2.72 bits per heavy atom. The van der Waals surface area contributed by atoms with Crippen molar-refractivity contribution in [2.45, 2.75) is 26.4 Å². The zero-order valence-electron chi connectivity index (χ0n) is 10.8. The molecule has 1 N–H and O–H groups in total. The highest BCUT2D eigenvalue weighted by Gasteiger charge is 2.28. The van der Waals surface area contributed by atoms with E-state index in [0.717, 1.165) is 5.75 Å². The van der Waals surface area contributed by atoms with E-state index >= 15 is 0 Å². The standard InChI is InChI=1S/C14H19NO3/c1-10-3-4-13(7-11(10)2)18-6-5-14(17)15-8-12(16)9-15/h3-4,7,12,16H,5-6,8-9H2,1-2H3. The molecule has 0 unspecified atom stereocenters. The number of aliphatic hydroxyl groups excluding tert-OH is 1. The van der Waals surface area contributed by atoms with Crippen molar-refractivity contribution < 1.29 is 14.6 Å². The van der Waals surface area contributed by atoms with Crippen LogP contribution < -0.4 is 4.74 Å². The Balaban J connectivity index is 1.74. The van der Waals surface area contributed by atoms with Crippen LogP contribution in [-0.2, 0) is 4.79 Å². The number of aryl methyl sites for hydroxylation is 2. The van der Waals surface area contributed by atoms with E-state index in [2.05, 4.69) is 6.92 Å². The fourth-order valence-corrected chi connectivity index (χ4v) is 1.88. The second-order valence-corrected chi connectivity index (χ2v) is 4.80. The van der Waals surface area contributed by atoms with Gasteiger partial charge in [0.25, 0.3) is 0 Å². The van der Waals surface area contributed by atoms with Crippen LogP contribution in [0.4, 0.5) is 0 Å². The second kappa shape index (κ2) is 5.40. The normalized spacial score (nSPS) is 15.4. The van der Waals surface area contributed by atoms with Crippen LogP contribution in [0.25, 0.3) is 0 Å². The third-order valence-electron chi connectivity index (χ3n) is 3.28. The van der Waals surface area contributed by atoms with Gasteiger partial charge in [0.05, 0.1) is 19.1 Å². The third-order valence-corrected chi connectivity index (χ3v) is 3.28. The van der Waals surface area contributed by atoms with E-state index in [4.69, 9.17) is 9.84 Å². The molecule has 4 nitrogen and oxygen atoms in total. The lowest BCUT2D eigenvalue weighted by Gasteiger charge is -2.35. The fourth-order valence-electron chi connectivity index (χ4n) is 1.88. The quantitative estimate of drug-likeness (QED) is 0.874. The van der Waals surface area contributed by atoms with E-state index in [1.54, 1.807) is 4.90 Å². The van der Waals surface area contributed by atoms with Crippen molar-refractivity contribution >= 4 is 5.91 Å². The Hall–Kier alpha value is -1.55. The molecule has 1 aromatic rings. The monoisotopic (exact) mass is 249 g/mol. The van der Waals surface area contributed by atoms with Gasteiger partial charge in [0.1, 0.15) is 5.75 Å². The number of benzene rings is 1. The average molecular weight is 249 g/mol. The molecule has 2 rings (SSSR count). The summed E-state index contributed by atoms with van der Waals surface area (Å²) in [5, 5.41) is 9.10. The molecule has 0 spiro atoms. The van der Waals surface area contributed by atoms with Gasteiger partial charge in [-0.2, -0.15) is 0 Å². The second-order valence-electron chi connectivity index (χ2n) is 4.80. The van der Waals surface area contributed by atoms with Gasteiger partial charge in [-0.05, 0) is 37.1 Å². The van der Waals surface area contributed by atoms with Crippen molar-refractivity contribution in [1.29, 1.82) is 0 Å². The van der Waals surface area contributed by atoms with E-state index < -0.39 is 0 Å². The molecular weight excluding hydrogens is 230 g/mol. The fraction of sp³-hybridized carbons (Fsp3) is 0.500. The molecule has 1 aliphatic heterocycles. The lowest BCUT2D eigenvalue weighted by Crippen LogP contribution is -2.53. The number of nitrogens with zero attached hydrogens (tertiary/aromatic N) is 1. The van der Waals surface area contributed by atoms with Crippen LogP contribution >= 0.6 is 0 Å². The maximum absolute atomic E-state index is 11.6. The van der Waals surface area contributed by atoms with Crippen LogP contribution in [0, 0.1) is 13.8 Å². The van der Waals surface area contributed by atoms with Gasteiger partial charge in [-0.3, -0.25) is 4.79 Å². The smallest absolute Gasteiger partial charge is 0.226 e. The van der Waals surface area contributed by atoms with Crippen molar-refractivity contribution in [1.82, 2.24) is 4.90 Å². The highest BCUT2D eigenvalue weighted by atomic mass is 16.5. The summed E-state index contributed by atoms with van der Waals surface area (Å²) in [6.07, 6.45) is 0.0224. The Labute approximate surface area is 107 Å². The molecule has 98 valence electrons. The molecular formula is C14H19NO3. The SMILES string of the molecule is Cc1ccc(OCCC(=O)N2CC(O)C2)cc1C. The molecule has 0 saturated carbocycles. The van der Waals surface area contributed by atoms with Crippen LogP contribution in [0.1, 0.15) is 17.5 Å². The van der Waals surface area contributed by atoms with Crippen LogP contribution in [0.2, 0.25) is 0 Å². The van der Waals surface area contributed by atoms with E-state index in [1.807, 2.05) is 25.1 Å². The summed E-state index contributed by atoms with van der Waals surface area (Å²) in [4.78, 5) is 13.3. The van der Waals surface area contributed by atoms with Crippen molar-refractivity contribution in [2.24, 2.45) is 0 Å². The average Bonchev–Trinajstić information content (AvgIpc) is 2.29. The molecule has 18 heavy (non-hydrogen) atoms. The summed E-state index contributed by atoms with van der Waals surface area (Å²) in [5.41, 5.74) is 2.41. The van der Waals surface area contributed by atoms with Gasteiger partial charge >= 0.3 is 0 Å². The summed E-state index contributed by atoms with van der Waals surface area (Å²) in [7, 11) is 0. The Kier molecular flexibility index (Phi) is 3.87. The largest absolute Gasteiger partial charge is 0.493 e. The number of hydrogen-bond acceptors (Lipinski definition) is 3. The van der Waals surface area contributed by atoms with Gasteiger partial charge in [-0.25, -0.2) is 0 Å². The molecule has 0 atom stereocenters. The van der Waals surface area contributed by atoms with Gasteiger partial charge in [0, 0.05) is 13.1 Å². The van der Waals surface area contributed by atoms with Gasteiger partial charge in [0.15, 0.2) is 0 Å². The van der Waals surface area contributed by atoms with Gasteiger partial charge in [0.2, 0.25) is 5.91 Å². The number of carbonyl (C=O) groups is 1. The molecule has 0 aliphatic carbocycles. The highest BCUT2D eigenvalue weighted by molar-refractivity contribution is 5.77.